The van der Waals surface area contributed by atoms with E-state index >= 15 is 0 Å². The predicted octanol–water partition coefficient (Wildman–Crippen LogP) is 0.614. The van der Waals surface area contributed by atoms with Gasteiger partial charge in [0.15, 0.2) is 0 Å². The van der Waals surface area contributed by atoms with Crippen LogP contribution in [0.4, 0.5) is 0 Å². The highest BCUT2D eigenvalue weighted by molar-refractivity contribution is 8.02. The molecule has 4 saturated heterocycles. The number of ether oxygens (including phenoxy) is 2. The zero-order chi connectivity index (χ0) is 25.3. The van der Waals surface area contributed by atoms with Gasteiger partial charge in [-0.1, -0.05) is 13.0 Å². The highest BCUT2D eigenvalue weighted by Crippen LogP contribution is 2.69. The topological polar surface area (TPSA) is 99.6 Å². The molecule has 10 heteroatoms. The Balaban J connectivity index is 1.67. The Hall–Kier alpha value is -1.62. The lowest BCUT2D eigenvalue weighted by atomic mass is 9.66. The van der Waals surface area contributed by atoms with Crippen LogP contribution in [0.5, 0.6) is 0 Å². The first-order valence-corrected chi connectivity index (χ1v) is 13.7. The molecule has 0 saturated carbocycles. The van der Waals surface area contributed by atoms with Crippen LogP contribution in [0, 0.1) is 17.8 Å². The average molecular weight is 510 g/mol. The zero-order valence-corrected chi connectivity index (χ0v) is 21.9. The van der Waals surface area contributed by atoms with Gasteiger partial charge in [0, 0.05) is 38.0 Å². The van der Waals surface area contributed by atoms with Gasteiger partial charge in [-0.25, -0.2) is 0 Å². The molecule has 0 aromatic heterocycles. The molecule has 2 amide bonds. The summed E-state index contributed by atoms with van der Waals surface area (Å²) in [6.45, 7) is 14.1. The molecule has 196 valence electrons. The first kappa shape index (κ1) is 26.4. The molecule has 4 heterocycles. The Morgan fingerprint density at radius 3 is 2.74 bits per heavy atom. The monoisotopic (exact) mass is 509 g/mol. The molecule has 35 heavy (non-hydrogen) atoms. The van der Waals surface area contributed by atoms with E-state index < -0.39 is 28.7 Å². The van der Waals surface area contributed by atoms with Crippen LogP contribution in [0.25, 0.3) is 0 Å². The van der Waals surface area contributed by atoms with Crippen LogP contribution in [0.3, 0.4) is 0 Å². The van der Waals surface area contributed by atoms with Crippen molar-refractivity contribution in [3.8, 4) is 0 Å². The third-order valence-corrected chi connectivity index (χ3v) is 10.2. The maximum Gasteiger partial charge on any atom is 0.310 e. The van der Waals surface area contributed by atoms with Gasteiger partial charge in [0.05, 0.1) is 49.1 Å². The van der Waals surface area contributed by atoms with E-state index in [9.17, 15) is 19.5 Å². The maximum atomic E-state index is 14.3. The van der Waals surface area contributed by atoms with Gasteiger partial charge in [-0.05, 0) is 26.2 Å². The number of likely N-dealkylation sites (tertiary alicyclic amines) is 1. The fourth-order valence-electron chi connectivity index (χ4n) is 6.52. The number of nitrogens with zero attached hydrogens (tertiary/aromatic N) is 3. The van der Waals surface area contributed by atoms with Crippen LogP contribution < -0.4 is 0 Å². The van der Waals surface area contributed by atoms with E-state index in [2.05, 4.69) is 18.4 Å². The molecule has 2 bridgehead atoms. The second kappa shape index (κ2) is 10.8. The predicted molar refractivity (Wildman–Crippen MR) is 133 cm³/mol. The molecule has 7 atom stereocenters. The molecule has 4 aliphatic rings. The molecule has 1 N–H and O–H groups in total. The molecule has 4 fully saturated rings. The van der Waals surface area contributed by atoms with Crippen molar-refractivity contribution in [2.24, 2.45) is 17.8 Å². The Labute approximate surface area is 212 Å². The number of aliphatic hydroxyl groups is 1. The van der Waals surface area contributed by atoms with Crippen LogP contribution in [-0.2, 0) is 23.9 Å². The number of thioether (sulfide) groups is 1. The van der Waals surface area contributed by atoms with Gasteiger partial charge in [-0.2, -0.15) is 0 Å². The number of amides is 2. The van der Waals surface area contributed by atoms with Crippen LogP contribution in [0.1, 0.15) is 27.2 Å². The van der Waals surface area contributed by atoms with Gasteiger partial charge in [0.2, 0.25) is 11.8 Å². The van der Waals surface area contributed by atoms with E-state index in [1.165, 1.54) is 0 Å². The fraction of sp³-hybridized carbons (Fsp3) is 0.800. The van der Waals surface area contributed by atoms with E-state index in [-0.39, 0.29) is 42.2 Å². The van der Waals surface area contributed by atoms with Crippen molar-refractivity contribution in [3.05, 3.63) is 12.7 Å². The van der Waals surface area contributed by atoms with E-state index in [4.69, 9.17) is 9.47 Å². The third kappa shape index (κ3) is 4.40. The largest absolute Gasteiger partial charge is 0.466 e. The number of hydrogen-bond donors (Lipinski definition) is 1. The molecule has 1 spiro atoms. The van der Waals surface area contributed by atoms with Gasteiger partial charge < -0.3 is 24.4 Å². The zero-order valence-electron chi connectivity index (χ0n) is 21.1. The van der Waals surface area contributed by atoms with Gasteiger partial charge in [-0.3, -0.25) is 19.3 Å². The van der Waals surface area contributed by atoms with Crippen molar-refractivity contribution in [1.29, 1.82) is 0 Å². The Bertz CT molecular complexity index is 836. The minimum atomic E-state index is -0.740. The number of carbonyl (C=O) groups excluding carboxylic acids is 3. The van der Waals surface area contributed by atoms with Crippen molar-refractivity contribution in [2.75, 3.05) is 59.2 Å². The van der Waals surface area contributed by atoms with Crippen molar-refractivity contribution >= 4 is 29.5 Å². The van der Waals surface area contributed by atoms with Crippen molar-refractivity contribution < 1.29 is 29.0 Å². The molecule has 4 rings (SSSR count). The van der Waals surface area contributed by atoms with Crippen molar-refractivity contribution in [2.45, 2.75) is 49.3 Å². The maximum absolute atomic E-state index is 14.3. The van der Waals surface area contributed by atoms with Crippen LogP contribution >= 0.6 is 11.8 Å². The standard InChI is InChI=1S/C25H39N3O6S/c1-5-7-27(9-8-26-10-12-33-13-11-26)23(31)21-25-16(3)14-18(35-25)19(24(32)34-6-2)20(25)22(30)28(21)17(4)15-29/h5,16-21,29H,1,6-15H2,2-4H3/t16?,17-,18-,19+,20+,21?,25?/m1/s1. The van der Waals surface area contributed by atoms with E-state index in [1.54, 1.807) is 41.5 Å². The quantitative estimate of drug-likeness (QED) is 0.338. The Morgan fingerprint density at radius 1 is 1.40 bits per heavy atom. The lowest BCUT2D eigenvalue weighted by Crippen LogP contribution is -2.59. The van der Waals surface area contributed by atoms with Gasteiger partial charge >= 0.3 is 5.97 Å². The highest BCUT2D eigenvalue weighted by Gasteiger charge is 2.76. The number of fused-ring (bicyclic) bond motifs is 1. The fourth-order valence-corrected chi connectivity index (χ4v) is 8.91. The van der Waals surface area contributed by atoms with Crippen LogP contribution in [-0.4, -0.2) is 119 Å². The van der Waals surface area contributed by atoms with Gasteiger partial charge in [-0.15, -0.1) is 18.3 Å². The molecule has 3 unspecified atom stereocenters. The molecule has 0 aromatic carbocycles. The number of carbonyl (C=O) groups is 3. The minimum absolute atomic E-state index is 0.0407. The second-order valence-corrected chi connectivity index (χ2v) is 11.7. The lowest BCUT2D eigenvalue weighted by molar-refractivity contribution is -0.154. The molecule has 9 nitrogen and oxygen atoms in total. The summed E-state index contributed by atoms with van der Waals surface area (Å²) in [5, 5.41) is 9.99. The SMILES string of the molecule is C=CCN(CCN1CCOCC1)C(=O)C1N([C@H](C)CO)C(=O)[C@@H]2[C@@H](C(=O)OCC)[C@H]3CC(C)C12S3. The number of esters is 1. The van der Waals surface area contributed by atoms with Crippen LogP contribution in [0.15, 0.2) is 12.7 Å². The summed E-state index contributed by atoms with van der Waals surface area (Å²) < 4.78 is 10.1. The number of rotatable bonds is 10. The van der Waals surface area contributed by atoms with Gasteiger partial charge in [0.1, 0.15) is 6.04 Å². The molecule has 0 aromatic rings. The number of morpholine rings is 1. The summed E-state index contributed by atoms with van der Waals surface area (Å²) in [6.07, 6.45) is 2.48. The highest BCUT2D eigenvalue weighted by atomic mass is 32.2. The molecular formula is C25H39N3O6S. The van der Waals surface area contributed by atoms with Gasteiger partial charge in [0.25, 0.3) is 0 Å². The summed E-state index contributed by atoms with van der Waals surface area (Å²) in [7, 11) is 0. The molecular weight excluding hydrogens is 470 g/mol. The minimum Gasteiger partial charge on any atom is -0.466 e. The molecule has 0 aliphatic carbocycles. The van der Waals surface area contributed by atoms with E-state index in [0.29, 0.717) is 32.8 Å². The van der Waals surface area contributed by atoms with E-state index in [0.717, 1.165) is 19.5 Å². The summed E-state index contributed by atoms with van der Waals surface area (Å²) in [5.41, 5.74) is 0. The Morgan fingerprint density at radius 2 is 2.11 bits per heavy atom. The summed E-state index contributed by atoms with van der Waals surface area (Å²) in [5.74, 6) is -1.79. The molecule has 0 radical (unpaired) electrons. The first-order valence-electron chi connectivity index (χ1n) is 12.8. The smallest absolute Gasteiger partial charge is 0.310 e. The summed E-state index contributed by atoms with van der Waals surface area (Å²) in [6, 6.07) is -1.27. The summed E-state index contributed by atoms with van der Waals surface area (Å²) in [4.78, 5) is 46.8. The summed E-state index contributed by atoms with van der Waals surface area (Å²) >= 11 is 1.63. The van der Waals surface area contributed by atoms with Crippen molar-refractivity contribution in [1.82, 2.24) is 14.7 Å². The average Bonchev–Trinajstić information content (AvgIpc) is 3.45. The molecule has 4 aliphatic heterocycles. The van der Waals surface area contributed by atoms with E-state index in [1.807, 2.05) is 0 Å². The Kier molecular flexibility index (Phi) is 8.15. The normalized spacial score (nSPS) is 35.1. The number of hydrogen-bond acceptors (Lipinski definition) is 8. The van der Waals surface area contributed by atoms with Crippen LogP contribution in [0.2, 0.25) is 0 Å². The third-order valence-electron chi connectivity index (χ3n) is 8.17. The van der Waals surface area contributed by atoms with Crippen molar-refractivity contribution in [3.63, 3.8) is 0 Å². The number of aliphatic hydroxyl groups excluding tert-OH is 1. The first-order chi connectivity index (χ1) is 16.8. The second-order valence-electron chi connectivity index (χ2n) is 10.1. The lowest BCUT2D eigenvalue weighted by Gasteiger charge is -2.41.